The maximum absolute atomic E-state index is 11.8. The number of amides is 2. The van der Waals surface area contributed by atoms with Gasteiger partial charge in [-0.2, -0.15) is 0 Å². The molecule has 0 fully saturated rings. The van der Waals surface area contributed by atoms with Gasteiger partial charge in [-0.1, -0.05) is 0 Å². The van der Waals surface area contributed by atoms with Crippen LogP contribution >= 0.6 is 11.3 Å². The SMILES string of the molecule is Cc1nc(NC(=O)N[C@H](Cc2cnc[nH]2)C(=O)O)sc1C. The molecule has 21 heavy (non-hydrogen) atoms. The highest BCUT2D eigenvalue weighted by atomic mass is 32.1. The van der Waals surface area contributed by atoms with Crippen LogP contribution in [0.1, 0.15) is 16.3 Å². The van der Waals surface area contributed by atoms with E-state index in [1.165, 1.54) is 23.9 Å². The van der Waals surface area contributed by atoms with Gasteiger partial charge in [0.25, 0.3) is 0 Å². The van der Waals surface area contributed by atoms with Crippen molar-refractivity contribution in [3.05, 3.63) is 28.8 Å². The number of hydrogen-bond donors (Lipinski definition) is 4. The van der Waals surface area contributed by atoms with Crippen molar-refractivity contribution in [1.82, 2.24) is 20.3 Å². The predicted octanol–water partition coefficient (Wildman–Crippen LogP) is 1.30. The number of anilines is 1. The summed E-state index contributed by atoms with van der Waals surface area (Å²) in [6.45, 7) is 3.74. The molecule has 8 nitrogen and oxygen atoms in total. The highest BCUT2D eigenvalue weighted by molar-refractivity contribution is 7.15. The molecule has 2 aromatic rings. The Balaban J connectivity index is 1.96. The zero-order chi connectivity index (χ0) is 15.4. The lowest BCUT2D eigenvalue weighted by Crippen LogP contribution is -2.44. The maximum atomic E-state index is 11.8. The number of imidazole rings is 1. The van der Waals surface area contributed by atoms with Gasteiger partial charge in [-0.25, -0.2) is 19.6 Å². The molecular formula is C12H15N5O3S. The first-order chi connectivity index (χ1) is 9.95. The Kier molecular flexibility index (Phi) is 4.53. The van der Waals surface area contributed by atoms with Crippen LogP contribution in [-0.2, 0) is 11.2 Å². The van der Waals surface area contributed by atoms with Crippen molar-refractivity contribution in [2.75, 3.05) is 5.32 Å². The number of nitrogens with zero attached hydrogens (tertiary/aromatic N) is 2. The van der Waals surface area contributed by atoms with Crippen LogP contribution < -0.4 is 10.6 Å². The number of carboxylic acid groups (broad SMARTS) is 1. The lowest BCUT2D eigenvalue weighted by atomic mass is 10.2. The summed E-state index contributed by atoms with van der Waals surface area (Å²) < 4.78 is 0. The van der Waals surface area contributed by atoms with Crippen LogP contribution in [0.3, 0.4) is 0 Å². The molecule has 2 heterocycles. The summed E-state index contributed by atoms with van der Waals surface area (Å²) in [5, 5.41) is 14.5. The Morgan fingerprint density at radius 3 is 2.76 bits per heavy atom. The van der Waals surface area contributed by atoms with Crippen molar-refractivity contribution < 1.29 is 14.7 Å². The zero-order valence-corrected chi connectivity index (χ0v) is 12.3. The van der Waals surface area contributed by atoms with Gasteiger partial charge in [0.05, 0.1) is 12.0 Å². The summed E-state index contributed by atoms with van der Waals surface area (Å²) in [7, 11) is 0. The van der Waals surface area contributed by atoms with E-state index >= 15 is 0 Å². The first-order valence-electron chi connectivity index (χ1n) is 6.17. The minimum Gasteiger partial charge on any atom is -0.480 e. The van der Waals surface area contributed by atoms with E-state index in [1.807, 2.05) is 13.8 Å². The van der Waals surface area contributed by atoms with Crippen LogP contribution in [0.4, 0.5) is 9.93 Å². The summed E-state index contributed by atoms with van der Waals surface area (Å²) in [4.78, 5) is 34.8. The standard InChI is InChI=1S/C12H15N5O3S/c1-6-7(2)21-12(15-6)17-11(20)16-9(10(18)19)3-8-4-13-5-14-8/h4-5,9H,3H2,1-2H3,(H,13,14)(H,18,19)(H2,15,16,17,20)/t9-/m1/s1. The molecule has 0 spiro atoms. The number of carbonyl (C=O) groups excluding carboxylic acids is 1. The van der Waals surface area contributed by atoms with Crippen molar-refractivity contribution in [2.45, 2.75) is 26.3 Å². The number of rotatable bonds is 5. The summed E-state index contributed by atoms with van der Waals surface area (Å²) in [5.41, 5.74) is 1.46. The largest absolute Gasteiger partial charge is 0.480 e. The average molecular weight is 309 g/mol. The molecule has 2 amide bonds. The summed E-state index contributed by atoms with van der Waals surface area (Å²) in [5.74, 6) is -1.12. The Morgan fingerprint density at radius 1 is 1.48 bits per heavy atom. The fourth-order valence-corrected chi connectivity index (χ4v) is 2.44. The van der Waals surface area contributed by atoms with E-state index in [2.05, 4.69) is 25.6 Å². The summed E-state index contributed by atoms with van der Waals surface area (Å²) >= 11 is 1.34. The van der Waals surface area contributed by atoms with Gasteiger partial charge in [-0.3, -0.25) is 5.32 Å². The van der Waals surface area contributed by atoms with Crippen molar-refractivity contribution in [3.8, 4) is 0 Å². The van der Waals surface area contributed by atoms with Crippen LogP contribution in [0, 0.1) is 13.8 Å². The van der Waals surface area contributed by atoms with Crippen LogP contribution in [0.2, 0.25) is 0 Å². The molecule has 0 unspecified atom stereocenters. The van der Waals surface area contributed by atoms with Gasteiger partial charge in [-0.15, -0.1) is 11.3 Å². The smallest absolute Gasteiger partial charge is 0.326 e. The topological polar surface area (TPSA) is 120 Å². The van der Waals surface area contributed by atoms with Gasteiger partial charge in [0.1, 0.15) is 6.04 Å². The number of carbonyl (C=O) groups is 2. The van der Waals surface area contributed by atoms with Crippen molar-refractivity contribution in [3.63, 3.8) is 0 Å². The quantitative estimate of drug-likeness (QED) is 0.663. The molecule has 9 heteroatoms. The van der Waals surface area contributed by atoms with Gasteiger partial charge in [0.2, 0.25) is 0 Å². The number of aliphatic carboxylic acids is 1. The number of nitrogens with one attached hydrogen (secondary N) is 3. The molecule has 1 atom stereocenters. The van der Waals surface area contributed by atoms with Gasteiger partial charge in [0, 0.05) is 23.2 Å². The molecule has 0 aliphatic heterocycles. The summed E-state index contributed by atoms with van der Waals surface area (Å²) in [6, 6.07) is -1.65. The third-order valence-electron chi connectivity index (χ3n) is 2.83. The molecule has 0 aliphatic carbocycles. The second-order valence-corrected chi connectivity index (χ2v) is 5.63. The highest BCUT2D eigenvalue weighted by Crippen LogP contribution is 2.20. The second-order valence-electron chi connectivity index (χ2n) is 4.43. The first-order valence-corrected chi connectivity index (χ1v) is 6.99. The number of hydrogen-bond acceptors (Lipinski definition) is 5. The minimum absolute atomic E-state index is 0.124. The first kappa shape index (κ1) is 15.0. The minimum atomic E-state index is -1.12. The van der Waals surface area contributed by atoms with Crippen molar-refractivity contribution in [1.29, 1.82) is 0 Å². The Bertz CT molecular complexity index is 618. The van der Waals surface area contributed by atoms with E-state index in [9.17, 15) is 9.59 Å². The number of aromatic amines is 1. The number of aryl methyl sites for hydroxylation is 2. The van der Waals surface area contributed by atoms with Crippen molar-refractivity contribution in [2.24, 2.45) is 0 Å². The molecule has 0 aliphatic rings. The van der Waals surface area contributed by atoms with Crippen LogP contribution in [0.5, 0.6) is 0 Å². The predicted molar refractivity (Wildman–Crippen MR) is 77.5 cm³/mol. The van der Waals surface area contributed by atoms with Crippen LogP contribution in [0.15, 0.2) is 12.5 Å². The van der Waals surface area contributed by atoms with E-state index < -0.39 is 18.0 Å². The van der Waals surface area contributed by atoms with Gasteiger partial charge >= 0.3 is 12.0 Å². The molecule has 2 rings (SSSR count). The van der Waals surface area contributed by atoms with E-state index in [0.717, 1.165) is 10.6 Å². The summed E-state index contributed by atoms with van der Waals surface area (Å²) in [6.07, 6.45) is 3.09. The van der Waals surface area contributed by atoms with Gasteiger partial charge < -0.3 is 15.4 Å². The lowest BCUT2D eigenvalue weighted by molar-refractivity contribution is -0.139. The Hall–Kier alpha value is -2.42. The van der Waals surface area contributed by atoms with E-state index in [-0.39, 0.29) is 6.42 Å². The number of carboxylic acids is 1. The van der Waals surface area contributed by atoms with Gasteiger partial charge in [-0.05, 0) is 13.8 Å². The molecule has 112 valence electrons. The molecule has 0 aromatic carbocycles. The molecule has 0 bridgehead atoms. The van der Waals surface area contributed by atoms with E-state index in [4.69, 9.17) is 5.11 Å². The number of aromatic nitrogens is 3. The maximum Gasteiger partial charge on any atom is 0.326 e. The highest BCUT2D eigenvalue weighted by Gasteiger charge is 2.21. The van der Waals surface area contributed by atoms with Crippen LogP contribution in [0.25, 0.3) is 0 Å². The third kappa shape index (κ3) is 4.02. The molecular weight excluding hydrogens is 294 g/mol. The van der Waals surface area contributed by atoms with E-state index in [0.29, 0.717) is 10.8 Å². The van der Waals surface area contributed by atoms with Crippen LogP contribution in [-0.4, -0.2) is 38.1 Å². The normalized spacial score (nSPS) is 11.9. The van der Waals surface area contributed by atoms with E-state index in [1.54, 1.807) is 0 Å². The molecule has 0 saturated heterocycles. The van der Waals surface area contributed by atoms with Crippen molar-refractivity contribution >= 4 is 28.5 Å². The molecule has 0 saturated carbocycles. The number of thiazole rings is 1. The fraction of sp³-hybridized carbons (Fsp3) is 0.333. The Morgan fingerprint density at radius 2 is 2.24 bits per heavy atom. The Labute approximate surface area is 124 Å². The average Bonchev–Trinajstić information content (AvgIpc) is 2.99. The monoisotopic (exact) mass is 309 g/mol. The fourth-order valence-electron chi connectivity index (χ4n) is 1.63. The molecule has 0 radical (unpaired) electrons. The zero-order valence-electron chi connectivity index (χ0n) is 11.5. The second kappa shape index (κ2) is 6.35. The number of urea groups is 1. The third-order valence-corrected chi connectivity index (χ3v) is 3.82. The number of H-pyrrole nitrogens is 1. The lowest BCUT2D eigenvalue weighted by Gasteiger charge is -2.13. The van der Waals surface area contributed by atoms with Gasteiger partial charge in [0.15, 0.2) is 5.13 Å². The molecule has 4 N–H and O–H groups in total. The molecule has 2 aromatic heterocycles.